The Balaban J connectivity index is 4.66. The van der Waals surface area contributed by atoms with Crippen molar-refractivity contribution in [3.8, 4) is 0 Å². The van der Waals surface area contributed by atoms with Crippen LogP contribution in [-0.4, -0.2) is 66.2 Å². The summed E-state index contributed by atoms with van der Waals surface area (Å²) in [7, 11) is 3.88. The molecule has 0 heterocycles. The molecule has 19 heavy (non-hydrogen) atoms. The van der Waals surface area contributed by atoms with E-state index < -0.39 is 11.5 Å². The van der Waals surface area contributed by atoms with Crippen molar-refractivity contribution >= 4 is 12.0 Å². The summed E-state index contributed by atoms with van der Waals surface area (Å²) in [5, 5.41) is 11.8. The van der Waals surface area contributed by atoms with E-state index >= 15 is 0 Å². The van der Waals surface area contributed by atoms with Crippen molar-refractivity contribution in [3.05, 3.63) is 0 Å². The van der Waals surface area contributed by atoms with Gasteiger partial charge in [0, 0.05) is 19.6 Å². The molecule has 0 aliphatic carbocycles. The molecule has 0 aromatic carbocycles. The van der Waals surface area contributed by atoms with Gasteiger partial charge in [0.2, 0.25) is 0 Å². The highest BCUT2D eigenvalue weighted by atomic mass is 16.4. The minimum absolute atomic E-state index is 0.310. The maximum atomic E-state index is 12.2. The molecule has 0 spiro atoms. The van der Waals surface area contributed by atoms with Gasteiger partial charge in [0.25, 0.3) is 0 Å². The van der Waals surface area contributed by atoms with Crippen LogP contribution in [0.15, 0.2) is 0 Å². The number of carboxylic acids is 1. The predicted octanol–water partition coefficient (Wildman–Crippen LogP) is 1.22. The van der Waals surface area contributed by atoms with E-state index in [2.05, 4.69) is 5.32 Å². The quantitative estimate of drug-likeness (QED) is 0.697. The predicted molar refractivity (Wildman–Crippen MR) is 75.3 cm³/mol. The first-order chi connectivity index (χ1) is 8.76. The van der Waals surface area contributed by atoms with Crippen molar-refractivity contribution in [1.82, 2.24) is 15.1 Å². The Bertz CT molecular complexity index is 308. The lowest BCUT2D eigenvalue weighted by Crippen LogP contribution is -2.56. The Hall–Kier alpha value is -1.30. The molecular formula is C13H27N3O3. The molecular weight excluding hydrogens is 246 g/mol. The third-order valence-electron chi connectivity index (χ3n) is 3.16. The van der Waals surface area contributed by atoms with Gasteiger partial charge in [-0.3, -0.25) is 0 Å². The molecule has 6 nitrogen and oxygen atoms in total. The van der Waals surface area contributed by atoms with Crippen LogP contribution >= 0.6 is 0 Å². The maximum Gasteiger partial charge on any atom is 0.329 e. The number of carbonyl (C=O) groups is 2. The van der Waals surface area contributed by atoms with E-state index in [1.165, 1.54) is 6.92 Å². The van der Waals surface area contributed by atoms with E-state index in [0.29, 0.717) is 19.5 Å². The second-order valence-electron chi connectivity index (χ2n) is 5.21. The molecule has 0 aromatic heterocycles. The molecule has 0 aliphatic rings. The minimum Gasteiger partial charge on any atom is -0.480 e. The molecule has 2 amide bonds. The summed E-state index contributed by atoms with van der Waals surface area (Å²) < 4.78 is 0. The summed E-state index contributed by atoms with van der Waals surface area (Å²) >= 11 is 0. The largest absolute Gasteiger partial charge is 0.480 e. The molecule has 0 aliphatic heterocycles. The highest BCUT2D eigenvalue weighted by molar-refractivity contribution is 5.85. The van der Waals surface area contributed by atoms with Gasteiger partial charge < -0.3 is 20.2 Å². The fourth-order valence-electron chi connectivity index (χ4n) is 1.51. The zero-order valence-corrected chi connectivity index (χ0v) is 12.7. The summed E-state index contributed by atoms with van der Waals surface area (Å²) in [6, 6.07) is -0.310. The van der Waals surface area contributed by atoms with E-state index in [4.69, 9.17) is 5.11 Å². The van der Waals surface area contributed by atoms with Crippen LogP contribution in [0.1, 0.15) is 33.6 Å². The van der Waals surface area contributed by atoms with Crippen LogP contribution in [0.5, 0.6) is 0 Å². The Morgan fingerprint density at radius 1 is 1.16 bits per heavy atom. The van der Waals surface area contributed by atoms with E-state index in [9.17, 15) is 9.59 Å². The van der Waals surface area contributed by atoms with Gasteiger partial charge in [0.1, 0.15) is 5.54 Å². The van der Waals surface area contributed by atoms with Crippen LogP contribution in [0.25, 0.3) is 0 Å². The van der Waals surface area contributed by atoms with Gasteiger partial charge in [-0.15, -0.1) is 0 Å². The Kier molecular flexibility index (Phi) is 7.44. The summed E-state index contributed by atoms with van der Waals surface area (Å²) in [5.41, 5.74) is -1.21. The first-order valence-electron chi connectivity index (χ1n) is 6.72. The summed E-state index contributed by atoms with van der Waals surface area (Å²) in [6.07, 6.45) is 1.19. The number of aliphatic carboxylic acids is 1. The number of carbonyl (C=O) groups excluding carboxylic acids is 1. The third-order valence-corrected chi connectivity index (χ3v) is 3.16. The van der Waals surface area contributed by atoms with E-state index in [-0.39, 0.29) is 6.03 Å². The molecule has 0 rings (SSSR count). The molecule has 6 heteroatoms. The molecule has 0 radical (unpaired) electrons. The first-order valence-corrected chi connectivity index (χ1v) is 6.72. The van der Waals surface area contributed by atoms with E-state index in [1.54, 1.807) is 11.8 Å². The van der Waals surface area contributed by atoms with Crippen LogP contribution < -0.4 is 5.32 Å². The smallest absolute Gasteiger partial charge is 0.329 e. The molecule has 0 fully saturated rings. The second-order valence-corrected chi connectivity index (χ2v) is 5.21. The summed E-state index contributed by atoms with van der Waals surface area (Å²) in [6.45, 7) is 7.24. The van der Waals surface area contributed by atoms with Crippen LogP contribution in [0, 0.1) is 0 Å². The van der Waals surface area contributed by atoms with Crippen molar-refractivity contribution in [2.24, 2.45) is 0 Å². The number of carboxylic acid groups (broad SMARTS) is 1. The zero-order chi connectivity index (χ0) is 15.1. The fraction of sp³-hybridized carbons (Fsp3) is 0.846. The molecule has 0 bridgehead atoms. The number of likely N-dealkylation sites (N-methyl/N-ethyl adjacent to an activating group) is 1. The lowest BCUT2D eigenvalue weighted by molar-refractivity contribution is -0.143. The average molecular weight is 273 g/mol. The maximum absolute atomic E-state index is 12.2. The van der Waals surface area contributed by atoms with E-state index in [0.717, 1.165) is 13.0 Å². The van der Waals surface area contributed by atoms with Gasteiger partial charge in [0.15, 0.2) is 0 Å². The van der Waals surface area contributed by atoms with Gasteiger partial charge in [0.05, 0.1) is 0 Å². The Morgan fingerprint density at radius 3 is 2.11 bits per heavy atom. The molecule has 0 saturated carbocycles. The molecule has 0 aromatic rings. The fourth-order valence-corrected chi connectivity index (χ4v) is 1.51. The number of urea groups is 1. The van der Waals surface area contributed by atoms with Gasteiger partial charge in [-0.2, -0.15) is 0 Å². The molecule has 112 valence electrons. The Labute approximate surface area is 115 Å². The summed E-state index contributed by atoms with van der Waals surface area (Å²) in [4.78, 5) is 27.0. The Morgan fingerprint density at radius 2 is 1.74 bits per heavy atom. The normalized spacial score (nSPS) is 14.0. The highest BCUT2D eigenvalue weighted by Crippen LogP contribution is 2.10. The third kappa shape index (κ3) is 5.92. The van der Waals surface area contributed by atoms with Gasteiger partial charge in [-0.1, -0.05) is 13.8 Å². The molecule has 1 atom stereocenters. The molecule has 2 N–H and O–H groups in total. The number of amides is 2. The SMILES string of the molecule is CCCN(CCN(C)C)C(=O)NC(C)(CC)C(=O)O. The second kappa shape index (κ2) is 7.99. The highest BCUT2D eigenvalue weighted by Gasteiger charge is 2.34. The number of nitrogens with zero attached hydrogens (tertiary/aromatic N) is 2. The van der Waals surface area contributed by atoms with Crippen molar-refractivity contribution in [2.45, 2.75) is 39.2 Å². The van der Waals surface area contributed by atoms with Gasteiger partial charge >= 0.3 is 12.0 Å². The van der Waals surface area contributed by atoms with Crippen LogP contribution in [0.2, 0.25) is 0 Å². The summed E-state index contributed by atoms with van der Waals surface area (Å²) in [5.74, 6) is -1.01. The lowest BCUT2D eigenvalue weighted by atomic mass is 10.00. The first kappa shape index (κ1) is 17.7. The van der Waals surface area contributed by atoms with Crippen molar-refractivity contribution in [2.75, 3.05) is 33.7 Å². The van der Waals surface area contributed by atoms with Gasteiger partial charge in [-0.25, -0.2) is 9.59 Å². The van der Waals surface area contributed by atoms with Crippen molar-refractivity contribution in [3.63, 3.8) is 0 Å². The standard InChI is InChI=1S/C13H27N3O3/c1-6-8-16(10-9-15(4)5)12(19)14-13(3,7-2)11(17)18/h6-10H2,1-5H3,(H,14,19)(H,17,18). The molecule has 0 saturated heterocycles. The number of hydrogen-bond acceptors (Lipinski definition) is 3. The van der Waals surface area contributed by atoms with Crippen LogP contribution in [-0.2, 0) is 4.79 Å². The monoisotopic (exact) mass is 273 g/mol. The zero-order valence-electron chi connectivity index (χ0n) is 12.7. The van der Waals surface area contributed by atoms with Gasteiger partial charge in [-0.05, 0) is 33.9 Å². The lowest BCUT2D eigenvalue weighted by Gasteiger charge is -2.30. The number of rotatable bonds is 8. The number of nitrogens with one attached hydrogen (secondary N) is 1. The van der Waals surface area contributed by atoms with Crippen LogP contribution in [0.3, 0.4) is 0 Å². The number of hydrogen-bond donors (Lipinski definition) is 2. The van der Waals surface area contributed by atoms with Crippen molar-refractivity contribution in [1.29, 1.82) is 0 Å². The minimum atomic E-state index is -1.21. The van der Waals surface area contributed by atoms with Crippen molar-refractivity contribution < 1.29 is 14.7 Å². The topological polar surface area (TPSA) is 72.9 Å². The molecule has 1 unspecified atom stereocenters. The van der Waals surface area contributed by atoms with E-state index in [1.807, 2.05) is 25.9 Å². The average Bonchev–Trinajstić information content (AvgIpc) is 2.33. The van der Waals surface area contributed by atoms with Crippen LogP contribution in [0.4, 0.5) is 4.79 Å².